The normalized spacial score (nSPS) is 21.1. The fourth-order valence-electron chi connectivity index (χ4n) is 3.02. The molecule has 0 spiro atoms. The molecule has 1 aliphatic heterocycles. The van der Waals surface area contributed by atoms with Gasteiger partial charge in [-0.1, -0.05) is 29.9 Å². The molecule has 0 radical (unpaired) electrons. The van der Waals surface area contributed by atoms with Crippen molar-refractivity contribution in [2.24, 2.45) is 0 Å². The molecule has 0 unspecified atom stereocenters. The third kappa shape index (κ3) is 2.11. The Hall–Kier alpha value is -1.45. The molecule has 0 saturated carbocycles. The summed E-state index contributed by atoms with van der Waals surface area (Å²) in [5.74, 6) is 0. The lowest BCUT2D eigenvalue weighted by atomic mass is 10.0. The minimum Gasteiger partial charge on any atom is -0.302 e. The second kappa shape index (κ2) is 4.83. The van der Waals surface area contributed by atoms with E-state index in [-0.39, 0.29) is 0 Å². The molecule has 0 aromatic carbocycles. The lowest BCUT2D eigenvalue weighted by molar-refractivity contribution is 0.357. The largest absolute Gasteiger partial charge is 0.302 e. The van der Waals surface area contributed by atoms with E-state index in [0.717, 1.165) is 19.4 Å². The summed E-state index contributed by atoms with van der Waals surface area (Å²) in [6.07, 6.45) is 14.5. The molecule has 0 amide bonds. The van der Waals surface area contributed by atoms with E-state index < -0.39 is 0 Å². The first-order valence-corrected chi connectivity index (χ1v) is 8.05. The molecule has 0 saturated heterocycles. The molecule has 0 N–H and O–H groups in total. The summed E-state index contributed by atoms with van der Waals surface area (Å²) in [4.78, 5) is 7.27. The quantitative estimate of drug-likeness (QED) is 0.769. The average molecular weight is 282 g/mol. The summed E-state index contributed by atoms with van der Waals surface area (Å²) in [5, 5.41) is 2.53. The van der Waals surface area contributed by atoms with E-state index in [2.05, 4.69) is 42.3 Å². The van der Waals surface area contributed by atoms with Crippen molar-refractivity contribution in [2.45, 2.75) is 19.3 Å². The third-order valence-electron chi connectivity index (χ3n) is 4.24. The fourth-order valence-corrected chi connectivity index (χ4v) is 4.12. The Morgan fingerprint density at radius 2 is 2.35 bits per heavy atom. The van der Waals surface area contributed by atoms with E-state index in [1.165, 1.54) is 39.0 Å². The van der Waals surface area contributed by atoms with Gasteiger partial charge in [-0.05, 0) is 37.1 Å². The van der Waals surface area contributed by atoms with Gasteiger partial charge in [0.25, 0.3) is 0 Å². The predicted molar refractivity (Wildman–Crippen MR) is 85.0 cm³/mol. The minimum atomic E-state index is 1.03. The molecular weight excluding hydrogens is 264 g/mol. The Kier molecular flexibility index (Phi) is 2.97. The van der Waals surface area contributed by atoms with Crippen LogP contribution in [-0.2, 0) is 6.42 Å². The summed E-state index contributed by atoms with van der Waals surface area (Å²) in [5.41, 5.74) is 4.34. The number of aromatic nitrogens is 1. The Balaban J connectivity index is 1.64. The zero-order valence-corrected chi connectivity index (χ0v) is 12.5. The van der Waals surface area contributed by atoms with Crippen LogP contribution in [0.25, 0.3) is 11.6 Å². The number of hydrogen-bond acceptors (Lipinski definition) is 3. The molecule has 2 heterocycles. The fraction of sp³-hybridized carbons (Fsp3) is 0.353. The summed E-state index contributed by atoms with van der Waals surface area (Å²) < 4.78 is 1.36. The number of nitrogens with zero attached hydrogens (tertiary/aromatic N) is 2. The van der Waals surface area contributed by atoms with Gasteiger partial charge in [0.05, 0.1) is 14.9 Å². The van der Waals surface area contributed by atoms with Crippen molar-refractivity contribution in [1.82, 2.24) is 9.88 Å². The molecule has 1 aromatic rings. The predicted octanol–water partition coefficient (Wildman–Crippen LogP) is 1.78. The number of rotatable bonds is 2. The van der Waals surface area contributed by atoms with Crippen LogP contribution < -0.4 is 9.88 Å². The second-order valence-corrected chi connectivity index (χ2v) is 6.86. The van der Waals surface area contributed by atoms with E-state index in [0.29, 0.717) is 0 Å². The average Bonchev–Trinajstić information content (AvgIpc) is 2.98. The summed E-state index contributed by atoms with van der Waals surface area (Å²) >= 11 is 1.87. The summed E-state index contributed by atoms with van der Waals surface area (Å²) in [6, 6.07) is 0. The Morgan fingerprint density at radius 1 is 1.40 bits per heavy atom. The molecule has 1 aromatic heterocycles. The van der Waals surface area contributed by atoms with Gasteiger partial charge in [-0.3, -0.25) is 0 Å². The SMILES string of the molecule is CN1CC=C(Cc2nc3c(s2)=CC2=CC=CCC=32)CC1. The molecule has 4 rings (SSSR count). The molecule has 0 atom stereocenters. The molecular formula is C17H18N2S. The molecule has 3 aliphatic rings. The third-order valence-corrected chi connectivity index (χ3v) is 5.24. The molecule has 0 bridgehead atoms. The van der Waals surface area contributed by atoms with Crippen LogP contribution in [0.15, 0.2) is 35.5 Å². The maximum atomic E-state index is 4.91. The standard InChI is InChI=1S/C17H18N2S/c1-19-8-6-12(7-9-19)10-16-18-17-14-5-3-2-4-13(14)11-15(17)20-16/h2-4,6,11H,5,7-10H2,1H3. The first-order valence-electron chi connectivity index (χ1n) is 7.24. The molecule has 2 nitrogen and oxygen atoms in total. The lowest BCUT2D eigenvalue weighted by Gasteiger charge is -2.21. The monoisotopic (exact) mass is 282 g/mol. The second-order valence-electron chi connectivity index (χ2n) is 5.75. The maximum absolute atomic E-state index is 4.91. The highest BCUT2D eigenvalue weighted by molar-refractivity contribution is 7.09. The number of thiazole rings is 1. The molecule has 102 valence electrons. The number of allylic oxidation sites excluding steroid dienone is 4. The van der Waals surface area contributed by atoms with Gasteiger partial charge in [-0.25, -0.2) is 4.98 Å². The Morgan fingerprint density at radius 3 is 3.20 bits per heavy atom. The van der Waals surface area contributed by atoms with Crippen molar-refractivity contribution >= 4 is 23.0 Å². The first-order chi connectivity index (χ1) is 9.79. The van der Waals surface area contributed by atoms with Crippen LogP contribution in [0, 0.1) is 0 Å². The molecule has 0 fully saturated rings. The van der Waals surface area contributed by atoms with E-state index >= 15 is 0 Å². The summed E-state index contributed by atoms with van der Waals surface area (Å²) in [7, 11) is 2.18. The smallest absolute Gasteiger partial charge is 0.0979 e. The van der Waals surface area contributed by atoms with Gasteiger partial charge >= 0.3 is 0 Å². The van der Waals surface area contributed by atoms with E-state index in [1.54, 1.807) is 5.57 Å². The van der Waals surface area contributed by atoms with Crippen LogP contribution in [0.1, 0.15) is 17.8 Å². The minimum absolute atomic E-state index is 1.03. The van der Waals surface area contributed by atoms with Gasteiger partial charge < -0.3 is 4.90 Å². The van der Waals surface area contributed by atoms with Gasteiger partial charge in [-0.2, -0.15) is 0 Å². The van der Waals surface area contributed by atoms with Crippen LogP contribution in [0.3, 0.4) is 0 Å². The Labute approximate surface area is 123 Å². The van der Waals surface area contributed by atoms with Gasteiger partial charge in [-0.15, -0.1) is 11.3 Å². The van der Waals surface area contributed by atoms with Crippen molar-refractivity contribution in [1.29, 1.82) is 0 Å². The maximum Gasteiger partial charge on any atom is 0.0979 e. The Bertz CT molecular complexity index is 761. The molecule has 2 aliphatic carbocycles. The van der Waals surface area contributed by atoms with Gasteiger partial charge in [0.2, 0.25) is 0 Å². The van der Waals surface area contributed by atoms with E-state index in [1.807, 2.05) is 11.3 Å². The van der Waals surface area contributed by atoms with Crippen LogP contribution in [-0.4, -0.2) is 30.0 Å². The highest BCUT2D eigenvalue weighted by Crippen LogP contribution is 2.24. The van der Waals surface area contributed by atoms with Crippen LogP contribution in [0.5, 0.6) is 0 Å². The van der Waals surface area contributed by atoms with Gasteiger partial charge in [0, 0.05) is 19.5 Å². The summed E-state index contributed by atoms with van der Waals surface area (Å²) in [6.45, 7) is 2.26. The van der Waals surface area contributed by atoms with E-state index in [9.17, 15) is 0 Å². The molecule has 20 heavy (non-hydrogen) atoms. The van der Waals surface area contributed by atoms with Crippen molar-refractivity contribution in [2.75, 3.05) is 20.1 Å². The zero-order chi connectivity index (χ0) is 13.5. The number of likely N-dealkylation sites (N-methyl/N-ethyl adjacent to an activating group) is 1. The zero-order valence-electron chi connectivity index (χ0n) is 11.7. The molecule has 3 heteroatoms. The van der Waals surface area contributed by atoms with Crippen molar-refractivity contribution < 1.29 is 0 Å². The van der Waals surface area contributed by atoms with Crippen molar-refractivity contribution in [3.8, 4) is 0 Å². The van der Waals surface area contributed by atoms with Gasteiger partial charge in [0.15, 0.2) is 0 Å². The highest BCUT2D eigenvalue weighted by atomic mass is 32.1. The van der Waals surface area contributed by atoms with Crippen LogP contribution in [0.2, 0.25) is 0 Å². The number of hydrogen-bond donors (Lipinski definition) is 0. The van der Waals surface area contributed by atoms with E-state index in [4.69, 9.17) is 4.98 Å². The van der Waals surface area contributed by atoms with Crippen LogP contribution >= 0.6 is 11.3 Å². The number of fused-ring (bicyclic) bond motifs is 2. The highest BCUT2D eigenvalue weighted by Gasteiger charge is 2.16. The first kappa shape index (κ1) is 12.3. The van der Waals surface area contributed by atoms with Gasteiger partial charge in [0.1, 0.15) is 0 Å². The van der Waals surface area contributed by atoms with Crippen LogP contribution in [0.4, 0.5) is 0 Å². The van der Waals surface area contributed by atoms with Crippen molar-refractivity contribution in [3.05, 3.63) is 50.3 Å². The van der Waals surface area contributed by atoms with Crippen molar-refractivity contribution in [3.63, 3.8) is 0 Å². The lowest BCUT2D eigenvalue weighted by Crippen LogP contribution is -2.24. The topological polar surface area (TPSA) is 16.1 Å².